The summed E-state index contributed by atoms with van der Waals surface area (Å²) in [6, 6.07) is 9.80. The molecule has 0 aliphatic carbocycles. The van der Waals surface area contributed by atoms with E-state index in [0.29, 0.717) is 0 Å². The van der Waals surface area contributed by atoms with Crippen molar-refractivity contribution in [3.63, 3.8) is 0 Å². The van der Waals surface area contributed by atoms with E-state index in [9.17, 15) is 0 Å². The lowest BCUT2D eigenvalue weighted by atomic mass is 10.3. The number of pyridine rings is 1. The molecule has 0 atom stereocenters. The van der Waals surface area contributed by atoms with Gasteiger partial charge in [-0.2, -0.15) is 0 Å². The van der Waals surface area contributed by atoms with Crippen LogP contribution in [0.15, 0.2) is 42.7 Å². The topological polar surface area (TPSA) is 34.2 Å². The standard InChI is InChI=1S/C12H11IN2O/c1-14-10-6-12(8-15-7-10)16-11-4-2-3-9(13)5-11/h2-8,14H,1H3. The molecule has 0 spiro atoms. The minimum Gasteiger partial charge on any atom is -0.456 e. The Morgan fingerprint density at radius 1 is 1.19 bits per heavy atom. The summed E-state index contributed by atoms with van der Waals surface area (Å²) in [7, 11) is 1.85. The summed E-state index contributed by atoms with van der Waals surface area (Å²) in [5.74, 6) is 1.55. The molecule has 1 heterocycles. The largest absolute Gasteiger partial charge is 0.456 e. The van der Waals surface area contributed by atoms with Gasteiger partial charge >= 0.3 is 0 Å². The van der Waals surface area contributed by atoms with Crippen LogP contribution in [0.4, 0.5) is 5.69 Å². The summed E-state index contributed by atoms with van der Waals surface area (Å²) in [4.78, 5) is 4.08. The smallest absolute Gasteiger partial charge is 0.147 e. The van der Waals surface area contributed by atoms with Gasteiger partial charge in [-0.1, -0.05) is 6.07 Å². The molecule has 0 aliphatic heterocycles. The maximum atomic E-state index is 5.69. The third kappa shape index (κ3) is 2.85. The zero-order valence-electron chi connectivity index (χ0n) is 8.77. The lowest BCUT2D eigenvalue weighted by molar-refractivity contribution is 0.480. The summed E-state index contributed by atoms with van der Waals surface area (Å²) < 4.78 is 6.84. The number of aromatic nitrogens is 1. The van der Waals surface area contributed by atoms with Gasteiger partial charge < -0.3 is 10.1 Å². The van der Waals surface area contributed by atoms with Crippen molar-refractivity contribution in [2.24, 2.45) is 0 Å². The van der Waals surface area contributed by atoms with Crippen LogP contribution in [0, 0.1) is 3.57 Å². The summed E-state index contributed by atoms with van der Waals surface area (Å²) in [5.41, 5.74) is 0.933. The van der Waals surface area contributed by atoms with Crippen LogP contribution in [0.1, 0.15) is 0 Å². The monoisotopic (exact) mass is 326 g/mol. The van der Waals surface area contributed by atoms with Crippen molar-refractivity contribution in [1.82, 2.24) is 4.98 Å². The zero-order valence-corrected chi connectivity index (χ0v) is 10.9. The molecule has 0 aliphatic rings. The van der Waals surface area contributed by atoms with Crippen LogP contribution < -0.4 is 10.1 Å². The van der Waals surface area contributed by atoms with E-state index in [1.54, 1.807) is 12.4 Å². The van der Waals surface area contributed by atoms with Gasteiger partial charge in [0.1, 0.15) is 11.5 Å². The third-order valence-electron chi connectivity index (χ3n) is 2.03. The van der Waals surface area contributed by atoms with Gasteiger partial charge in [0, 0.05) is 16.7 Å². The van der Waals surface area contributed by atoms with Gasteiger partial charge in [0.25, 0.3) is 0 Å². The predicted octanol–water partition coefficient (Wildman–Crippen LogP) is 3.52. The van der Waals surface area contributed by atoms with Gasteiger partial charge in [-0.15, -0.1) is 0 Å². The van der Waals surface area contributed by atoms with Crippen molar-refractivity contribution in [3.05, 3.63) is 46.3 Å². The highest BCUT2D eigenvalue weighted by atomic mass is 127. The molecule has 0 fully saturated rings. The molecule has 1 N–H and O–H groups in total. The minimum absolute atomic E-state index is 0.730. The Kier molecular flexibility index (Phi) is 3.61. The fourth-order valence-electron chi connectivity index (χ4n) is 1.28. The zero-order chi connectivity index (χ0) is 11.4. The Balaban J connectivity index is 2.20. The van der Waals surface area contributed by atoms with E-state index < -0.39 is 0 Å². The molecule has 4 heteroatoms. The second kappa shape index (κ2) is 5.16. The van der Waals surface area contributed by atoms with E-state index in [-0.39, 0.29) is 0 Å². The van der Waals surface area contributed by atoms with Crippen LogP contribution >= 0.6 is 22.6 Å². The molecular weight excluding hydrogens is 315 g/mol. The van der Waals surface area contributed by atoms with Gasteiger partial charge in [0.2, 0.25) is 0 Å². The highest BCUT2D eigenvalue weighted by Gasteiger charge is 1.99. The van der Waals surface area contributed by atoms with Gasteiger partial charge in [-0.05, 0) is 40.8 Å². The van der Waals surface area contributed by atoms with Crippen LogP contribution in [-0.4, -0.2) is 12.0 Å². The Labute approximate surface area is 108 Å². The van der Waals surface area contributed by atoms with E-state index >= 15 is 0 Å². The predicted molar refractivity (Wildman–Crippen MR) is 73.0 cm³/mol. The second-order valence-electron chi connectivity index (χ2n) is 3.22. The number of rotatable bonds is 3. The fourth-order valence-corrected chi connectivity index (χ4v) is 1.79. The van der Waals surface area contributed by atoms with Crippen LogP contribution in [0.25, 0.3) is 0 Å². The number of benzene rings is 1. The quantitative estimate of drug-likeness (QED) is 0.877. The average Bonchev–Trinajstić information content (AvgIpc) is 2.29. The number of hydrogen-bond acceptors (Lipinski definition) is 3. The second-order valence-corrected chi connectivity index (χ2v) is 4.46. The number of nitrogens with one attached hydrogen (secondary N) is 1. The molecule has 82 valence electrons. The van der Waals surface area contributed by atoms with Crippen LogP contribution in [0.2, 0.25) is 0 Å². The van der Waals surface area contributed by atoms with Crippen LogP contribution in [0.3, 0.4) is 0 Å². The molecule has 2 aromatic rings. The SMILES string of the molecule is CNc1cncc(Oc2cccc(I)c2)c1. The molecule has 0 saturated heterocycles. The lowest BCUT2D eigenvalue weighted by Crippen LogP contribution is -1.91. The normalized spacial score (nSPS) is 9.88. The summed E-state index contributed by atoms with van der Waals surface area (Å²) in [6.07, 6.45) is 3.45. The molecule has 3 nitrogen and oxygen atoms in total. The van der Waals surface area contributed by atoms with E-state index in [1.807, 2.05) is 37.4 Å². The summed E-state index contributed by atoms with van der Waals surface area (Å²) >= 11 is 2.25. The molecule has 0 amide bonds. The van der Waals surface area contributed by atoms with Crippen molar-refractivity contribution >= 4 is 28.3 Å². The Morgan fingerprint density at radius 2 is 2.06 bits per heavy atom. The van der Waals surface area contributed by atoms with Gasteiger partial charge in [-0.25, -0.2) is 0 Å². The number of halogens is 1. The lowest BCUT2D eigenvalue weighted by Gasteiger charge is -2.07. The molecule has 0 saturated carbocycles. The van der Waals surface area contributed by atoms with Gasteiger partial charge in [0.15, 0.2) is 0 Å². The number of anilines is 1. The van der Waals surface area contributed by atoms with Crippen LogP contribution in [-0.2, 0) is 0 Å². The van der Waals surface area contributed by atoms with E-state index in [0.717, 1.165) is 20.8 Å². The first-order chi connectivity index (χ1) is 7.78. The van der Waals surface area contributed by atoms with Crippen molar-refractivity contribution in [2.75, 3.05) is 12.4 Å². The number of nitrogens with zero attached hydrogens (tertiary/aromatic N) is 1. The highest BCUT2D eigenvalue weighted by Crippen LogP contribution is 2.23. The number of ether oxygens (including phenoxy) is 1. The van der Waals surface area contributed by atoms with Crippen LogP contribution in [0.5, 0.6) is 11.5 Å². The van der Waals surface area contributed by atoms with Gasteiger partial charge in [-0.3, -0.25) is 4.98 Å². The highest BCUT2D eigenvalue weighted by molar-refractivity contribution is 14.1. The Hall–Kier alpha value is -1.30. The summed E-state index contributed by atoms with van der Waals surface area (Å²) in [6.45, 7) is 0. The van der Waals surface area contributed by atoms with E-state index in [2.05, 4.69) is 32.9 Å². The molecule has 0 bridgehead atoms. The molecule has 2 rings (SSSR count). The van der Waals surface area contributed by atoms with Crippen molar-refractivity contribution in [1.29, 1.82) is 0 Å². The average molecular weight is 326 g/mol. The molecule has 1 aromatic heterocycles. The fraction of sp³-hybridized carbons (Fsp3) is 0.0833. The Bertz CT molecular complexity index is 488. The first-order valence-electron chi connectivity index (χ1n) is 4.84. The maximum Gasteiger partial charge on any atom is 0.147 e. The van der Waals surface area contributed by atoms with E-state index in [4.69, 9.17) is 4.74 Å². The molecule has 0 unspecified atom stereocenters. The number of hydrogen-bond donors (Lipinski definition) is 1. The van der Waals surface area contributed by atoms with Crippen molar-refractivity contribution in [2.45, 2.75) is 0 Å². The first kappa shape index (κ1) is 11.2. The molecule has 16 heavy (non-hydrogen) atoms. The van der Waals surface area contributed by atoms with Gasteiger partial charge in [0.05, 0.1) is 18.1 Å². The van der Waals surface area contributed by atoms with E-state index in [1.165, 1.54) is 0 Å². The summed E-state index contributed by atoms with van der Waals surface area (Å²) in [5, 5.41) is 3.02. The first-order valence-corrected chi connectivity index (χ1v) is 5.92. The molecule has 0 radical (unpaired) electrons. The molecular formula is C12H11IN2O. The Morgan fingerprint density at radius 3 is 2.81 bits per heavy atom. The maximum absolute atomic E-state index is 5.69. The third-order valence-corrected chi connectivity index (χ3v) is 2.70. The minimum atomic E-state index is 0.730. The van der Waals surface area contributed by atoms with Crippen molar-refractivity contribution in [3.8, 4) is 11.5 Å². The van der Waals surface area contributed by atoms with Crippen molar-refractivity contribution < 1.29 is 4.74 Å². The molecule has 1 aromatic carbocycles.